The Bertz CT molecular complexity index is 850. The van der Waals surface area contributed by atoms with E-state index in [1.807, 2.05) is 11.8 Å². The minimum atomic E-state index is 0.194. The molecule has 0 nitrogen and oxygen atoms in total. The third-order valence-electron chi connectivity index (χ3n) is 5.17. The molecule has 142 valence electrons. The first kappa shape index (κ1) is 20.0. The van der Waals surface area contributed by atoms with Crippen LogP contribution in [-0.2, 0) is 10.8 Å². The van der Waals surface area contributed by atoms with Gasteiger partial charge in [-0.15, -0.1) is 11.8 Å². The van der Waals surface area contributed by atoms with Gasteiger partial charge in [-0.3, -0.25) is 0 Å². The lowest BCUT2D eigenvalue weighted by Gasteiger charge is -2.24. The Morgan fingerprint density at radius 1 is 0.704 bits per heavy atom. The summed E-state index contributed by atoms with van der Waals surface area (Å²) in [6.07, 6.45) is 4.70. The number of thioether (sulfide) groups is 1. The van der Waals surface area contributed by atoms with Crippen molar-refractivity contribution in [2.24, 2.45) is 0 Å². The van der Waals surface area contributed by atoms with E-state index in [0.717, 1.165) is 0 Å². The van der Waals surface area contributed by atoms with Crippen LogP contribution < -0.4 is 0 Å². The highest BCUT2D eigenvalue weighted by atomic mass is 32.2. The third kappa shape index (κ3) is 4.76. The van der Waals surface area contributed by atoms with Gasteiger partial charge in [0.25, 0.3) is 0 Å². The van der Waals surface area contributed by atoms with E-state index in [0.29, 0.717) is 5.25 Å². The summed E-state index contributed by atoms with van der Waals surface area (Å²) in [7, 11) is 0. The van der Waals surface area contributed by atoms with E-state index < -0.39 is 0 Å². The minimum Gasteiger partial charge on any atom is -0.113 e. The molecule has 1 heteroatoms. The molecule has 0 fully saturated rings. The molecule has 3 rings (SSSR count). The SMILES string of the molecule is CC1=CC(c2ccc(C(C)(C)C)cc2)SC(c2ccc(C(C)(C)C)cc2)=C1. The van der Waals surface area contributed by atoms with Gasteiger partial charge in [0.1, 0.15) is 0 Å². The van der Waals surface area contributed by atoms with Gasteiger partial charge in [-0.1, -0.05) is 102 Å². The van der Waals surface area contributed by atoms with Gasteiger partial charge in [0.15, 0.2) is 0 Å². The molecule has 0 spiro atoms. The second-order valence-corrected chi connectivity index (χ2v) is 10.8. The lowest BCUT2D eigenvalue weighted by atomic mass is 9.86. The summed E-state index contributed by atoms with van der Waals surface area (Å²) >= 11 is 1.95. The number of hydrogen-bond donors (Lipinski definition) is 0. The molecule has 0 amide bonds. The van der Waals surface area contributed by atoms with E-state index in [1.54, 1.807) is 0 Å². The fourth-order valence-electron chi connectivity index (χ4n) is 3.32. The minimum absolute atomic E-state index is 0.194. The summed E-state index contributed by atoms with van der Waals surface area (Å²) in [6, 6.07) is 18.3. The summed E-state index contributed by atoms with van der Waals surface area (Å²) < 4.78 is 0. The highest BCUT2D eigenvalue weighted by Gasteiger charge is 2.20. The van der Waals surface area contributed by atoms with E-state index in [9.17, 15) is 0 Å². The van der Waals surface area contributed by atoms with Crippen molar-refractivity contribution in [2.45, 2.75) is 64.5 Å². The Kier molecular flexibility index (Phi) is 5.45. The molecule has 1 aliphatic heterocycles. The van der Waals surface area contributed by atoms with Crippen LogP contribution in [0.1, 0.15) is 76.0 Å². The molecule has 0 radical (unpaired) electrons. The van der Waals surface area contributed by atoms with Crippen LogP contribution in [0.2, 0.25) is 0 Å². The topological polar surface area (TPSA) is 0 Å². The monoisotopic (exact) mass is 376 g/mol. The maximum Gasteiger partial charge on any atom is 0.0530 e. The van der Waals surface area contributed by atoms with Gasteiger partial charge in [-0.2, -0.15) is 0 Å². The Labute approximate surface area is 169 Å². The molecule has 1 heterocycles. The Morgan fingerprint density at radius 3 is 1.67 bits per heavy atom. The first-order chi connectivity index (χ1) is 12.5. The van der Waals surface area contributed by atoms with Crippen molar-refractivity contribution < 1.29 is 0 Å². The zero-order valence-corrected chi connectivity index (χ0v) is 18.6. The molecule has 0 saturated heterocycles. The number of rotatable bonds is 2. The molecular weight excluding hydrogens is 344 g/mol. The van der Waals surface area contributed by atoms with E-state index in [2.05, 4.69) is 109 Å². The van der Waals surface area contributed by atoms with Crippen LogP contribution in [0.3, 0.4) is 0 Å². The summed E-state index contributed by atoms with van der Waals surface area (Å²) in [5, 5.41) is 0.376. The summed E-state index contributed by atoms with van der Waals surface area (Å²) in [6.45, 7) is 15.8. The summed E-state index contributed by atoms with van der Waals surface area (Å²) in [5.74, 6) is 0. The molecule has 0 aromatic heterocycles. The van der Waals surface area contributed by atoms with Crippen molar-refractivity contribution in [2.75, 3.05) is 0 Å². The third-order valence-corrected chi connectivity index (χ3v) is 6.44. The predicted molar refractivity (Wildman–Crippen MR) is 122 cm³/mol. The van der Waals surface area contributed by atoms with Gasteiger partial charge >= 0.3 is 0 Å². The number of benzene rings is 2. The molecule has 1 aliphatic rings. The average Bonchev–Trinajstić information content (AvgIpc) is 2.60. The van der Waals surface area contributed by atoms with Gasteiger partial charge in [0.2, 0.25) is 0 Å². The molecular formula is C26H32S. The molecule has 0 aliphatic carbocycles. The van der Waals surface area contributed by atoms with Gasteiger partial charge < -0.3 is 0 Å². The van der Waals surface area contributed by atoms with E-state index in [4.69, 9.17) is 0 Å². The largest absolute Gasteiger partial charge is 0.113 e. The van der Waals surface area contributed by atoms with E-state index >= 15 is 0 Å². The second-order valence-electron chi connectivity index (χ2n) is 9.66. The van der Waals surface area contributed by atoms with Gasteiger partial charge in [0, 0.05) is 4.91 Å². The van der Waals surface area contributed by atoms with Crippen molar-refractivity contribution in [1.82, 2.24) is 0 Å². The Morgan fingerprint density at radius 2 is 1.19 bits per heavy atom. The quantitative estimate of drug-likeness (QED) is 0.511. The number of hydrogen-bond acceptors (Lipinski definition) is 1. The van der Waals surface area contributed by atoms with E-state index in [-0.39, 0.29) is 10.8 Å². The van der Waals surface area contributed by atoms with Crippen molar-refractivity contribution in [3.8, 4) is 0 Å². The first-order valence-electron chi connectivity index (χ1n) is 9.82. The zero-order chi connectivity index (χ0) is 19.8. The van der Waals surface area contributed by atoms with Crippen molar-refractivity contribution >= 4 is 16.7 Å². The van der Waals surface area contributed by atoms with Crippen LogP contribution in [-0.4, -0.2) is 0 Å². The van der Waals surface area contributed by atoms with Crippen LogP contribution >= 0.6 is 11.8 Å². The maximum atomic E-state index is 2.38. The normalized spacial score (nSPS) is 18.1. The van der Waals surface area contributed by atoms with Crippen LogP contribution in [0.4, 0.5) is 0 Å². The van der Waals surface area contributed by atoms with Gasteiger partial charge in [-0.05, 0) is 46.1 Å². The van der Waals surface area contributed by atoms with Gasteiger partial charge in [0.05, 0.1) is 5.25 Å². The second kappa shape index (κ2) is 7.36. The van der Waals surface area contributed by atoms with Crippen molar-refractivity contribution in [3.05, 3.63) is 88.5 Å². The van der Waals surface area contributed by atoms with Crippen LogP contribution in [0, 0.1) is 0 Å². The highest BCUT2D eigenvalue weighted by molar-refractivity contribution is 8.08. The van der Waals surface area contributed by atoms with Crippen molar-refractivity contribution in [3.63, 3.8) is 0 Å². The van der Waals surface area contributed by atoms with Gasteiger partial charge in [-0.25, -0.2) is 0 Å². The van der Waals surface area contributed by atoms with E-state index in [1.165, 1.54) is 32.7 Å². The molecule has 1 unspecified atom stereocenters. The van der Waals surface area contributed by atoms with Crippen molar-refractivity contribution in [1.29, 1.82) is 0 Å². The average molecular weight is 377 g/mol. The fourth-order valence-corrected chi connectivity index (χ4v) is 4.70. The first-order valence-corrected chi connectivity index (χ1v) is 10.7. The molecule has 2 aromatic rings. The molecule has 2 aromatic carbocycles. The van der Waals surface area contributed by atoms with Crippen LogP contribution in [0.15, 0.2) is 66.3 Å². The maximum absolute atomic E-state index is 2.38. The zero-order valence-electron chi connectivity index (χ0n) is 17.8. The lowest BCUT2D eigenvalue weighted by molar-refractivity contribution is 0.590. The lowest BCUT2D eigenvalue weighted by Crippen LogP contribution is -2.11. The fraction of sp³-hybridized carbons (Fsp3) is 0.385. The Hall–Kier alpha value is -1.73. The standard InChI is InChI=1S/C26H32S/c1-18-16-23(19-8-12-21(13-9-19)25(2,3)4)27-24(17-18)20-10-14-22(15-11-20)26(5,6)7/h8-17,23H,1-7H3. The molecule has 1 atom stereocenters. The molecule has 27 heavy (non-hydrogen) atoms. The summed E-state index contributed by atoms with van der Waals surface area (Å²) in [4.78, 5) is 1.36. The predicted octanol–water partition coefficient (Wildman–Crippen LogP) is 8.06. The molecule has 0 N–H and O–H groups in total. The Balaban J connectivity index is 1.84. The smallest absolute Gasteiger partial charge is 0.0530 e. The number of allylic oxidation sites excluding steroid dienone is 2. The highest BCUT2D eigenvalue weighted by Crippen LogP contribution is 2.45. The molecule has 0 saturated carbocycles. The van der Waals surface area contributed by atoms with Crippen LogP contribution in [0.5, 0.6) is 0 Å². The van der Waals surface area contributed by atoms with Crippen LogP contribution in [0.25, 0.3) is 4.91 Å². The summed E-state index contributed by atoms with van der Waals surface area (Å²) in [5.41, 5.74) is 7.20. The molecule has 0 bridgehead atoms.